The normalized spacial score (nSPS) is 24.1. The van der Waals surface area contributed by atoms with E-state index in [1.54, 1.807) is 0 Å². The summed E-state index contributed by atoms with van der Waals surface area (Å²) in [4.78, 5) is 13.8. The van der Waals surface area contributed by atoms with Crippen LogP contribution in [0.1, 0.15) is 46.5 Å². The van der Waals surface area contributed by atoms with E-state index in [-0.39, 0.29) is 17.5 Å². The number of hydrogen-bond donors (Lipinski definition) is 1. The lowest BCUT2D eigenvalue weighted by Crippen LogP contribution is -2.56. The predicted octanol–water partition coefficient (Wildman–Crippen LogP) is 1.51. The topological polar surface area (TPSA) is 46.3 Å². The van der Waals surface area contributed by atoms with E-state index < -0.39 is 0 Å². The molecule has 82 valence electrons. The van der Waals surface area contributed by atoms with Crippen LogP contribution in [0, 0.1) is 0 Å². The third-order valence-corrected chi connectivity index (χ3v) is 3.07. The van der Waals surface area contributed by atoms with Gasteiger partial charge in [0.05, 0.1) is 6.04 Å². The number of piperidine rings is 1. The molecular formula is C11H22N2O. The minimum Gasteiger partial charge on any atom is -0.336 e. The van der Waals surface area contributed by atoms with Crippen molar-refractivity contribution in [3.05, 3.63) is 0 Å². The van der Waals surface area contributed by atoms with E-state index in [1.165, 1.54) is 0 Å². The van der Waals surface area contributed by atoms with Crippen molar-refractivity contribution in [1.82, 2.24) is 4.90 Å². The number of rotatable bonds is 3. The molecule has 1 atom stereocenters. The minimum absolute atomic E-state index is 0.0239. The highest BCUT2D eigenvalue weighted by Gasteiger charge is 2.35. The van der Waals surface area contributed by atoms with Crippen molar-refractivity contribution >= 4 is 5.91 Å². The number of likely N-dealkylation sites (tertiary alicyclic amines) is 1. The first-order valence-electron chi connectivity index (χ1n) is 5.56. The van der Waals surface area contributed by atoms with Crippen LogP contribution < -0.4 is 5.73 Å². The van der Waals surface area contributed by atoms with E-state index in [0.717, 1.165) is 32.2 Å². The average molecular weight is 198 g/mol. The number of amides is 1. The molecule has 0 aromatic carbocycles. The number of carbonyl (C=O) groups is 1. The minimum atomic E-state index is -0.264. The highest BCUT2D eigenvalue weighted by atomic mass is 16.2. The van der Waals surface area contributed by atoms with Gasteiger partial charge in [0.2, 0.25) is 5.91 Å². The van der Waals surface area contributed by atoms with E-state index in [1.807, 2.05) is 4.90 Å². The van der Waals surface area contributed by atoms with Crippen molar-refractivity contribution in [3.8, 4) is 0 Å². The van der Waals surface area contributed by atoms with E-state index >= 15 is 0 Å². The first-order chi connectivity index (χ1) is 6.49. The van der Waals surface area contributed by atoms with Gasteiger partial charge in [0, 0.05) is 12.1 Å². The Morgan fingerprint density at radius 2 is 2.21 bits per heavy atom. The lowest BCUT2D eigenvalue weighted by atomic mass is 9.92. The molecule has 1 saturated heterocycles. The molecule has 0 bridgehead atoms. The van der Waals surface area contributed by atoms with Crippen LogP contribution in [0.5, 0.6) is 0 Å². The highest BCUT2D eigenvalue weighted by Crippen LogP contribution is 2.25. The fraction of sp³-hybridized carbons (Fsp3) is 0.909. The number of carbonyl (C=O) groups excluding carboxylic acids is 1. The Balaban J connectivity index is 2.70. The van der Waals surface area contributed by atoms with Crippen molar-refractivity contribution in [3.63, 3.8) is 0 Å². The third-order valence-electron chi connectivity index (χ3n) is 3.07. The summed E-state index contributed by atoms with van der Waals surface area (Å²) in [6.45, 7) is 7.29. The van der Waals surface area contributed by atoms with E-state index in [2.05, 4.69) is 20.8 Å². The van der Waals surface area contributed by atoms with Crippen LogP contribution in [-0.2, 0) is 4.79 Å². The van der Waals surface area contributed by atoms with Crippen LogP contribution >= 0.6 is 0 Å². The molecule has 1 fully saturated rings. The van der Waals surface area contributed by atoms with Gasteiger partial charge in [-0.05, 0) is 33.1 Å². The Bertz CT molecular complexity index is 213. The first kappa shape index (κ1) is 11.5. The molecule has 0 aromatic heterocycles. The number of nitrogens with zero attached hydrogens (tertiary/aromatic N) is 1. The quantitative estimate of drug-likeness (QED) is 0.747. The van der Waals surface area contributed by atoms with E-state index in [0.29, 0.717) is 0 Å². The van der Waals surface area contributed by atoms with Gasteiger partial charge >= 0.3 is 0 Å². The standard InChI is InChI=1S/C11H22N2O/c1-4-7-11(2,3)13-8-5-6-9(12)10(13)14/h9H,4-8,12H2,1-3H3. The fourth-order valence-electron chi connectivity index (χ4n) is 2.25. The SMILES string of the molecule is CCCC(C)(C)N1CCCC(N)C1=O. The molecule has 1 heterocycles. The molecule has 0 saturated carbocycles. The Kier molecular flexibility index (Phi) is 3.53. The van der Waals surface area contributed by atoms with Gasteiger partial charge in [0.25, 0.3) is 0 Å². The van der Waals surface area contributed by atoms with Crippen molar-refractivity contribution < 1.29 is 4.79 Å². The second-order valence-electron chi connectivity index (χ2n) is 4.80. The van der Waals surface area contributed by atoms with E-state index in [9.17, 15) is 4.79 Å². The number of hydrogen-bond acceptors (Lipinski definition) is 2. The lowest BCUT2D eigenvalue weighted by molar-refractivity contribution is -0.141. The summed E-state index contributed by atoms with van der Waals surface area (Å²) in [5, 5.41) is 0. The van der Waals surface area contributed by atoms with Crippen molar-refractivity contribution in [1.29, 1.82) is 0 Å². The summed E-state index contributed by atoms with van der Waals surface area (Å²) in [5.74, 6) is 0.134. The Hall–Kier alpha value is -0.570. The monoisotopic (exact) mass is 198 g/mol. The molecule has 0 aliphatic carbocycles. The maximum Gasteiger partial charge on any atom is 0.239 e. The Morgan fingerprint density at radius 1 is 1.57 bits per heavy atom. The maximum absolute atomic E-state index is 11.8. The molecule has 0 radical (unpaired) electrons. The summed E-state index contributed by atoms with van der Waals surface area (Å²) in [6, 6.07) is -0.264. The molecule has 1 aliphatic heterocycles. The largest absolute Gasteiger partial charge is 0.336 e. The van der Waals surface area contributed by atoms with Crippen molar-refractivity contribution in [2.24, 2.45) is 5.73 Å². The molecule has 1 rings (SSSR count). The van der Waals surface area contributed by atoms with Crippen LogP contribution in [-0.4, -0.2) is 28.9 Å². The zero-order chi connectivity index (χ0) is 10.8. The highest BCUT2D eigenvalue weighted by molar-refractivity contribution is 5.83. The molecule has 0 aromatic rings. The smallest absolute Gasteiger partial charge is 0.239 e. The molecule has 2 N–H and O–H groups in total. The van der Waals surface area contributed by atoms with Crippen LogP contribution in [0.2, 0.25) is 0 Å². The van der Waals surface area contributed by atoms with Gasteiger partial charge in [0.1, 0.15) is 0 Å². The molecule has 0 spiro atoms. The summed E-state index contributed by atoms with van der Waals surface area (Å²) in [6.07, 6.45) is 4.04. The maximum atomic E-state index is 11.8. The summed E-state index contributed by atoms with van der Waals surface area (Å²) in [5.41, 5.74) is 5.75. The Labute approximate surface area is 86.6 Å². The molecule has 1 unspecified atom stereocenters. The predicted molar refractivity (Wildman–Crippen MR) is 57.9 cm³/mol. The second kappa shape index (κ2) is 4.30. The van der Waals surface area contributed by atoms with Crippen LogP contribution in [0.25, 0.3) is 0 Å². The first-order valence-corrected chi connectivity index (χ1v) is 5.56. The average Bonchev–Trinajstić information content (AvgIpc) is 2.09. The second-order valence-corrected chi connectivity index (χ2v) is 4.80. The molecule has 3 heteroatoms. The van der Waals surface area contributed by atoms with Crippen LogP contribution in [0.3, 0.4) is 0 Å². The van der Waals surface area contributed by atoms with Crippen LogP contribution in [0.15, 0.2) is 0 Å². The van der Waals surface area contributed by atoms with Gasteiger partial charge < -0.3 is 10.6 Å². The molecule has 1 aliphatic rings. The van der Waals surface area contributed by atoms with Crippen LogP contribution in [0.4, 0.5) is 0 Å². The summed E-state index contributed by atoms with van der Waals surface area (Å²) in [7, 11) is 0. The van der Waals surface area contributed by atoms with Gasteiger partial charge in [-0.3, -0.25) is 4.79 Å². The molecule has 14 heavy (non-hydrogen) atoms. The van der Waals surface area contributed by atoms with Gasteiger partial charge in [-0.15, -0.1) is 0 Å². The molecular weight excluding hydrogens is 176 g/mol. The zero-order valence-corrected chi connectivity index (χ0v) is 9.55. The fourth-order valence-corrected chi connectivity index (χ4v) is 2.25. The molecule has 3 nitrogen and oxygen atoms in total. The van der Waals surface area contributed by atoms with Gasteiger partial charge in [0.15, 0.2) is 0 Å². The lowest BCUT2D eigenvalue weighted by Gasteiger charge is -2.42. The van der Waals surface area contributed by atoms with Crippen molar-refractivity contribution in [2.45, 2.75) is 58.0 Å². The summed E-state index contributed by atoms with van der Waals surface area (Å²) >= 11 is 0. The van der Waals surface area contributed by atoms with Gasteiger partial charge in [-0.2, -0.15) is 0 Å². The van der Waals surface area contributed by atoms with Gasteiger partial charge in [-0.1, -0.05) is 13.3 Å². The summed E-state index contributed by atoms with van der Waals surface area (Å²) < 4.78 is 0. The Morgan fingerprint density at radius 3 is 2.79 bits per heavy atom. The van der Waals surface area contributed by atoms with Crippen molar-refractivity contribution in [2.75, 3.05) is 6.54 Å². The van der Waals surface area contributed by atoms with E-state index in [4.69, 9.17) is 5.73 Å². The third kappa shape index (κ3) is 2.27. The zero-order valence-electron chi connectivity index (χ0n) is 9.55. The van der Waals surface area contributed by atoms with Gasteiger partial charge in [-0.25, -0.2) is 0 Å². The molecule has 1 amide bonds. The number of nitrogens with two attached hydrogens (primary N) is 1.